The third kappa shape index (κ3) is 10.5. The Kier molecular flexibility index (Phi) is 12.1. The van der Waals surface area contributed by atoms with Gasteiger partial charge in [-0.2, -0.15) is 0 Å². The fraction of sp³-hybridized carbons (Fsp3) is 0.524. The smallest absolute Gasteiger partial charge is 0.458 e. The second-order valence-corrected chi connectivity index (χ2v) is 6.40. The lowest BCUT2D eigenvalue weighted by Crippen LogP contribution is -2.37. The highest BCUT2D eigenvalue weighted by Gasteiger charge is 2.22. The standard InChI is InChI=1S/C21H29NO11/c1-5-27-19(24)30-12-13(4)31-18(23)15(22)10-14-8-9-16(32-20(25)28-6-2)17(11-14)33-21(26)29-7-3/h8-9,11,13,15H,5-7,10,12,22H2,1-4H3/t13-,15+/m1/s1. The second kappa shape index (κ2) is 14.5. The number of rotatable bonds is 11. The van der Waals surface area contributed by atoms with Crippen LogP contribution in [0.4, 0.5) is 14.4 Å². The van der Waals surface area contributed by atoms with E-state index >= 15 is 0 Å². The monoisotopic (exact) mass is 471 g/mol. The molecule has 0 radical (unpaired) electrons. The van der Waals surface area contributed by atoms with Gasteiger partial charge in [0.2, 0.25) is 0 Å². The fourth-order valence-electron chi connectivity index (χ4n) is 2.32. The molecule has 0 saturated carbocycles. The van der Waals surface area contributed by atoms with Crippen molar-refractivity contribution in [1.29, 1.82) is 0 Å². The van der Waals surface area contributed by atoms with E-state index in [2.05, 4.69) is 4.74 Å². The molecule has 2 N–H and O–H groups in total. The largest absolute Gasteiger partial charge is 0.513 e. The maximum absolute atomic E-state index is 12.3. The van der Waals surface area contributed by atoms with Gasteiger partial charge in [-0.15, -0.1) is 0 Å². The Morgan fingerprint density at radius 3 is 1.94 bits per heavy atom. The Bertz CT molecular complexity index is 811. The van der Waals surface area contributed by atoms with Crippen molar-refractivity contribution in [2.75, 3.05) is 26.4 Å². The zero-order valence-corrected chi connectivity index (χ0v) is 19.0. The summed E-state index contributed by atoms with van der Waals surface area (Å²) in [7, 11) is 0. The number of nitrogens with two attached hydrogens (primary N) is 1. The van der Waals surface area contributed by atoms with Crippen LogP contribution < -0.4 is 15.2 Å². The lowest BCUT2D eigenvalue weighted by Gasteiger charge is -2.17. The summed E-state index contributed by atoms with van der Waals surface area (Å²) in [6.07, 6.45) is -3.62. The molecular formula is C21H29NO11. The molecule has 0 aliphatic rings. The normalized spacial score (nSPS) is 12.0. The van der Waals surface area contributed by atoms with Crippen molar-refractivity contribution < 1.29 is 52.3 Å². The highest BCUT2D eigenvalue weighted by molar-refractivity contribution is 5.76. The zero-order chi connectivity index (χ0) is 24.8. The highest BCUT2D eigenvalue weighted by atomic mass is 16.7. The maximum atomic E-state index is 12.3. The number of ether oxygens (including phenoxy) is 7. The molecule has 0 spiro atoms. The molecule has 1 aromatic rings. The van der Waals surface area contributed by atoms with Crippen molar-refractivity contribution in [2.45, 2.75) is 46.3 Å². The van der Waals surface area contributed by atoms with Gasteiger partial charge in [-0.3, -0.25) is 4.79 Å². The molecule has 0 aliphatic heterocycles. The Labute approximate surface area is 191 Å². The molecule has 184 valence electrons. The van der Waals surface area contributed by atoms with Crippen LogP contribution >= 0.6 is 0 Å². The molecule has 0 amide bonds. The number of esters is 1. The Hall–Kier alpha value is -3.54. The summed E-state index contributed by atoms with van der Waals surface area (Å²) in [5.41, 5.74) is 6.39. The summed E-state index contributed by atoms with van der Waals surface area (Å²) in [4.78, 5) is 46.8. The van der Waals surface area contributed by atoms with Gasteiger partial charge in [0.05, 0.1) is 19.8 Å². The van der Waals surface area contributed by atoms with Gasteiger partial charge >= 0.3 is 24.4 Å². The number of benzene rings is 1. The van der Waals surface area contributed by atoms with Crippen molar-refractivity contribution in [1.82, 2.24) is 0 Å². The van der Waals surface area contributed by atoms with Gasteiger partial charge in [0, 0.05) is 0 Å². The first-order valence-corrected chi connectivity index (χ1v) is 10.3. The molecule has 0 aliphatic carbocycles. The molecule has 12 heteroatoms. The maximum Gasteiger partial charge on any atom is 0.513 e. The molecular weight excluding hydrogens is 442 g/mol. The average Bonchev–Trinajstić information content (AvgIpc) is 2.74. The quantitative estimate of drug-likeness (QED) is 0.286. The summed E-state index contributed by atoms with van der Waals surface area (Å²) >= 11 is 0. The van der Waals surface area contributed by atoms with Crippen LogP contribution in [0.3, 0.4) is 0 Å². The van der Waals surface area contributed by atoms with E-state index in [-0.39, 0.29) is 44.3 Å². The van der Waals surface area contributed by atoms with Crippen LogP contribution in [0.1, 0.15) is 33.3 Å². The van der Waals surface area contributed by atoms with E-state index < -0.39 is 36.6 Å². The van der Waals surface area contributed by atoms with Crippen LogP contribution in [-0.4, -0.2) is 63.0 Å². The molecule has 0 saturated heterocycles. The van der Waals surface area contributed by atoms with Gasteiger partial charge in [-0.05, 0) is 51.8 Å². The summed E-state index contributed by atoms with van der Waals surface area (Å²) in [5.74, 6) is -0.961. The van der Waals surface area contributed by atoms with Crippen LogP contribution in [0.5, 0.6) is 11.5 Å². The lowest BCUT2D eigenvalue weighted by atomic mass is 10.1. The van der Waals surface area contributed by atoms with E-state index in [4.69, 9.17) is 34.2 Å². The Morgan fingerprint density at radius 2 is 1.36 bits per heavy atom. The molecule has 1 aromatic carbocycles. The molecule has 33 heavy (non-hydrogen) atoms. The first-order chi connectivity index (χ1) is 15.7. The third-order valence-corrected chi connectivity index (χ3v) is 3.69. The van der Waals surface area contributed by atoms with Crippen molar-refractivity contribution in [3.05, 3.63) is 23.8 Å². The summed E-state index contributed by atoms with van der Waals surface area (Å²) in [6.45, 7) is 6.46. The van der Waals surface area contributed by atoms with Gasteiger partial charge in [-0.25, -0.2) is 14.4 Å². The molecule has 0 aromatic heterocycles. The number of hydrogen-bond acceptors (Lipinski definition) is 12. The molecule has 0 bridgehead atoms. The van der Waals surface area contributed by atoms with Gasteiger partial charge in [0.15, 0.2) is 11.5 Å². The van der Waals surface area contributed by atoms with E-state index in [1.54, 1.807) is 20.8 Å². The molecule has 0 fully saturated rings. The minimum absolute atomic E-state index is 0.00313. The van der Waals surface area contributed by atoms with Crippen LogP contribution in [-0.2, 0) is 34.9 Å². The molecule has 0 unspecified atom stereocenters. The first-order valence-electron chi connectivity index (χ1n) is 10.3. The van der Waals surface area contributed by atoms with Crippen LogP contribution in [0, 0.1) is 0 Å². The van der Waals surface area contributed by atoms with Gasteiger partial charge < -0.3 is 38.9 Å². The van der Waals surface area contributed by atoms with Crippen LogP contribution in [0.15, 0.2) is 18.2 Å². The number of carbonyl (C=O) groups is 4. The molecule has 12 nitrogen and oxygen atoms in total. The van der Waals surface area contributed by atoms with Crippen molar-refractivity contribution in [2.24, 2.45) is 5.73 Å². The molecule has 1 rings (SSSR count). The minimum atomic E-state index is -1.08. The van der Waals surface area contributed by atoms with E-state index in [1.165, 1.54) is 25.1 Å². The first kappa shape index (κ1) is 27.5. The van der Waals surface area contributed by atoms with E-state index in [0.29, 0.717) is 5.56 Å². The highest BCUT2D eigenvalue weighted by Crippen LogP contribution is 2.30. The SMILES string of the molecule is CCOC(=O)OC[C@@H](C)OC(=O)[C@@H](N)Cc1ccc(OC(=O)OCC)c(OC(=O)OCC)c1. The van der Waals surface area contributed by atoms with Gasteiger partial charge in [0.1, 0.15) is 18.8 Å². The van der Waals surface area contributed by atoms with Gasteiger partial charge in [-0.1, -0.05) is 6.07 Å². The number of carbonyl (C=O) groups excluding carboxylic acids is 4. The number of hydrogen-bond donors (Lipinski definition) is 1. The van der Waals surface area contributed by atoms with E-state index in [9.17, 15) is 19.2 Å². The minimum Gasteiger partial charge on any atom is -0.458 e. The predicted octanol–water partition coefficient (Wildman–Crippen LogP) is 2.73. The average molecular weight is 471 g/mol. The second-order valence-electron chi connectivity index (χ2n) is 6.40. The molecule has 0 heterocycles. The Morgan fingerprint density at radius 1 is 0.818 bits per heavy atom. The fourth-order valence-corrected chi connectivity index (χ4v) is 2.32. The van der Waals surface area contributed by atoms with E-state index in [1.807, 2.05) is 0 Å². The van der Waals surface area contributed by atoms with Crippen molar-refractivity contribution in [3.63, 3.8) is 0 Å². The summed E-state index contributed by atoms with van der Waals surface area (Å²) < 4.78 is 34.1. The van der Waals surface area contributed by atoms with Crippen LogP contribution in [0.2, 0.25) is 0 Å². The lowest BCUT2D eigenvalue weighted by molar-refractivity contribution is -0.152. The molecule has 2 atom stereocenters. The zero-order valence-electron chi connectivity index (χ0n) is 19.0. The van der Waals surface area contributed by atoms with Crippen molar-refractivity contribution in [3.8, 4) is 11.5 Å². The van der Waals surface area contributed by atoms with Crippen molar-refractivity contribution >= 4 is 24.4 Å². The van der Waals surface area contributed by atoms with Gasteiger partial charge in [0.25, 0.3) is 0 Å². The summed E-state index contributed by atoms with van der Waals surface area (Å²) in [5, 5.41) is 0. The van der Waals surface area contributed by atoms with Crippen LogP contribution in [0.25, 0.3) is 0 Å². The topological polar surface area (TPSA) is 159 Å². The Balaban J connectivity index is 2.81. The van der Waals surface area contributed by atoms with E-state index in [0.717, 1.165) is 0 Å². The third-order valence-electron chi connectivity index (χ3n) is 3.69. The summed E-state index contributed by atoms with van der Waals surface area (Å²) in [6, 6.07) is 3.16. The predicted molar refractivity (Wildman–Crippen MR) is 112 cm³/mol.